The largest absolute Gasteiger partial charge is 0.416 e. The second kappa shape index (κ2) is 6.26. The maximum atomic E-state index is 13.1. The zero-order valence-electron chi connectivity index (χ0n) is 14.8. The van der Waals surface area contributed by atoms with Gasteiger partial charge in [-0.2, -0.15) is 26.3 Å². The van der Waals surface area contributed by atoms with Gasteiger partial charge in [0.05, 0.1) is 11.1 Å². The van der Waals surface area contributed by atoms with Crippen molar-refractivity contribution in [2.24, 2.45) is 10.8 Å². The van der Waals surface area contributed by atoms with Gasteiger partial charge in [-0.1, -0.05) is 41.5 Å². The molecule has 0 aliphatic heterocycles. The number of halogens is 6. The van der Waals surface area contributed by atoms with Crippen molar-refractivity contribution in [2.45, 2.75) is 66.2 Å². The van der Waals surface area contributed by atoms with E-state index in [1.54, 1.807) is 0 Å². The Labute approximate surface area is 139 Å². The third-order valence-corrected chi connectivity index (χ3v) is 3.87. The molecule has 1 unspecified atom stereocenters. The van der Waals surface area contributed by atoms with Crippen LogP contribution in [0, 0.1) is 10.8 Å². The van der Waals surface area contributed by atoms with Crippen LogP contribution in [-0.4, -0.2) is 0 Å². The number of alkyl halides is 6. The zero-order chi connectivity index (χ0) is 19.1. The summed E-state index contributed by atoms with van der Waals surface area (Å²) in [6.45, 7) is 11.3. The van der Waals surface area contributed by atoms with E-state index in [1.165, 1.54) is 0 Å². The van der Waals surface area contributed by atoms with E-state index in [2.05, 4.69) is 0 Å². The van der Waals surface area contributed by atoms with Gasteiger partial charge in [0.1, 0.15) is 0 Å². The lowest BCUT2D eigenvalue weighted by molar-refractivity contribution is -0.143. The Balaban J connectivity index is 3.58. The predicted molar refractivity (Wildman–Crippen MR) is 82.7 cm³/mol. The zero-order valence-corrected chi connectivity index (χ0v) is 14.8. The standard InChI is InChI=1S/C18H24F6/c1-15(2,3)10-14(16(4,5)6)11-7-12(17(19,20)21)9-13(8-11)18(22,23)24/h7-9,14H,10H2,1-6H3. The molecule has 24 heavy (non-hydrogen) atoms. The van der Waals surface area contributed by atoms with Crippen LogP contribution in [0.3, 0.4) is 0 Å². The van der Waals surface area contributed by atoms with Gasteiger partial charge in [-0.15, -0.1) is 0 Å². The molecule has 0 N–H and O–H groups in total. The lowest BCUT2D eigenvalue weighted by Crippen LogP contribution is -2.25. The molecule has 0 fully saturated rings. The summed E-state index contributed by atoms with van der Waals surface area (Å²) in [6, 6.07) is 1.90. The first-order valence-corrected chi connectivity index (χ1v) is 7.71. The van der Waals surface area contributed by atoms with Gasteiger partial charge in [-0.3, -0.25) is 0 Å². The van der Waals surface area contributed by atoms with Crippen molar-refractivity contribution in [3.63, 3.8) is 0 Å². The van der Waals surface area contributed by atoms with Crippen molar-refractivity contribution in [1.29, 1.82) is 0 Å². The average Bonchev–Trinajstić information content (AvgIpc) is 2.31. The van der Waals surface area contributed by atoms with Crippen molar-refractivity contribution >= 4 is 0 Å². The summed E-state index contributed by atoms with van der Waals surface area (Å²) in [5.74, 6) is -0.430. The van der Waals surface area contributed by atoms with Gasteiger partial charge >= 0.3 is 12.4 Å². The van der Waals surface area contributed by atoms with Crippen LogP contribution in [0.2, 0.25) is 0 Å². The smallest absolute Gasteiger partial charge is 0.166 e. The van der Waals surface area contributed by atoms with Crippen molar-refractivity contribution < 1.29 is 26.3 Å². The first-order chi connectivity index (χ1) is 10.4. The molecule has 6 heteroatoms. The highest BCUT2D eigenvalue weighted by atomic mass is 19.4. The van der Waals surface area contributed by atoms with Gasteiger partial charge in [0, 0.05) is 0 Å². The van der Waals surface area contributed by atoms with Crippen LogP contribution in [0.25, 0.3) is 0 Å². The highest BCUT2D eigenvalue weighted by Gasteiger charge is 2.39. The van der Waals surface area contributed by atoms with Crippen molar-refractivity contribution in [3.05, 3.63) is 34.9 Å². The molecule has 0 radical (unpaired) electrons. The maximum Gasteiger partial charge on any atom is 0.416 e. The molecule has 0 heterocycles. The molecule has 0 saturated heterocycles. The SMILES string of the molecule is CC(C)(C)CC(c1cc(C(F)(F)F)cc(C(F)(F)F)c1)C(C)(C)C. The second-order valence-corrected chi connectivity index (χ2v) is 8.52. The van der Waals surface area contributed by atoms with Crippen LogP contribution in [0.1, 0.15) is 70.6 Å². The number of hydrogen-bond donors (Lipinski definition) is 0. The molecule has 1 aromatic carbocycles. The summed E-state index contributed by atoms with van der Waals surface area (Å²) in [5, 5.41) is 0. The Kier molecular flexibility index (Phi) is 5.44. The van der Waals surface area contributed by atoms with Crippen molar-refractivity contribution in [1.82, 2.24) is 0 Å². The molecule has 1 rings (SSSR count). The first-order valence-electron chi connectivity index (χ1n) is 7.71. The fraction of sp³-hybridized carbons (Fsp3) is 0.667. The van der Waals surface area contributed by atoms with E-state index in [0.717, 1.165) is 12.1 Å². The van der Waals surface area contributed by atoms with Crippen LogP contribution in [0.4, 0.5) is 26.3 Å². The van der Waals surface area contributed by atoms with Crippen LogP contribution in [-0.2, 0) is 12.4 Å². The minimum atomic E-state index is -4.82. The molecule has 0 spiro atoms. The highest BCUT2D eigenvalue weighted by molar-refractivity contribution is 5.36. The fourth-order valence-corrected chi connectivity index (χ4v) is 2.72. The van der Waals surface area contributed by atoms with E-state index in [0.29, 0.717) is 6.42 Å². The summed E-state index contributed by atoms with van der Waals surface area (Å²) in [5.41, 5.74) is -3.13. The molecule has 0 amide bonds. The van der Waals surface area contributed by atoms with E-state index in [-0.39, 0.29) is 17.0 Å². The van der Waals surface area contributed by atoms with E-state index in [1.807, 2.05) is 41.5 Å². The molecule has 0 saturated carbocycles. The molecule has 0 aromatic heterocycles. The maximum absolute atomic E-state index is 13.1. The van der Waals surface area contributed by atoms with E-state index in [9.17, 15) is 26.3 Å². The second-order valence-electron chi connectivity index (χ2n) is 8.52. The van der Waals surface area contributed by atoms with Gasteiger partial charge < -0.3 is 0 Å². The van der Waals surface area contributed by atoms with E-state index >= 15 is 0 Å². The highest BCUT2D eigenvalue weighted by Crippen LogP contribution is 2.46. The third-order valence-electron chi connectivity index (χ3n) is 3.87. The van der Waals surface area contributed by atoms with Gasteiger partial charge in [-0.25, -0.2) is 0 Å². The topological polar surface area (TPSA) is 0 Å². The van der Waals surface area contributed by atoms with Gasteiger partial charge in [0.2, 0.25) is 0 Å². The Hall–Kier alpha value is -1.20. The van der Waals surface area contributed by atoms with Crippen LogP contribution in [0.15, 0.2) is 18.2 Å². The Morgan fingerprint density at radius 1 is 0.708 bits per heavy atom. The summed E-state index contributed by atoms with van der Waals surface area (Å²) >= 11 is 0. The minimum Gasteiger partial charge on any atom is -0.166 e. The van der Waals surface area contributed by atoms with Crippen molar-refractivity contribution in [3.8, 4) is 0 Å². The van der Waals surface area contributed by atoms with Crippen LogP contribution < -0.4 is 0 Å². The number of hydrogen-bond acceptors (Lipinski definition) is 0. The number of benzene rings is 1. The van der Waals surface area contributed by atoms with Gasteiger partial charge in [0.15, 0.2) is 0 Å². The molecule has 0 nitrogen and oxygen atoms in total. The normalized spacial score (nSPS) is 15.5. The summed E-state index contributed by atoms with van der Waals surface area (Å²) in [4.78, 5) is 0. The van der Waals surface area contributed by atoms with Gasteiger partial charge in [0.25, 0.3) is 0 Å². The minimum absolute atomic E-state index is 0.0829. The molecular weight excluding hydrogens is 330 g/mol. The van der Waals surface area contributed by atoms with E-state index < -0.39 is 34.8 Å². The average molecular weight is 354 g/mol. The lowest BCUT2D eigenvalue weighted by Gasteiger charge is -2.36. The molecule has 0 aliphatic rings. The first kappa shape index (κ1) is 20.8. The third kappa shape index (κ3) is 5.71. The van der Waals surface area contributed by atoms with Gasteiger partial charge in [-0.05, 0) is 46.9 Å². The molecule has 1 atom stereocenters. The summed E-state index contributed by atoms with van der Waals surface area (Å²) in [6.07, 6.45) is -9.16. The molecule has 1 aromatic rings. The quantitative estimate of drug-likeness (QED) is 0.489. The molecule has 0 aliphatic carbocycles. The Morgan fingerprint density at radius 3 is 1.33 bits per heavy atom. The fourth-order valence-electron chi connectivity index (χ4n) is 2.72. The predicted octanol–water partition coefficient (Wildman–Crippen LogP) is 7.29. The monoisotopic (exact) mass is 354 g/mol. The van der Waals surface area contributed by atoms with Crippen LogP contribution in [0.5, 0.6) is 0 Å². The number of rotatable bonds is 2. The molecular formula is C18H24F6. The Morgan fingerprint density at radius 2 is 1.08 bits per heavy atom. The lowest BCUT2D eigenvalue weighted by atomic mass is 9.69. The summed E-state index contributed by atoms with van der Waals surface area (Å²) < 4.78 is 78.4. The molecule has 138 valence electrons. The van der Waals surface area contributed by atoms with Crippen molar-refractivity contribution in [2.75, 3.05) is 0 Å². The Bertz CT molecular complexity index is 535. The van der Waals surface area contributed by atoms with E-state index in [4.69, 9.17) is 0 Å². The van der Waals surface area contributed by atoms with Crippen LogP contribution >= 0.6 is 0 Å². The molecule has 0 bridgehead atoms. The summed E-state index contributed by atoms with van der Waals surface area (Å²) in [7, 11) is 0.